The number of carbonyl (C=O) groups is 1. The second kappa shape index (κ2) is 6.00. The molecule has 0 saturated heterocycles. The highest BCUT2D eigenvalue weighted by atomic mass is 35.5. The van der Waals surface area contributed by atoms with E-state index in [1.54, 1.807) is 0 Å². The maximum Gasteiger partial charge on any atom is 0.134 e. The van der Waals surface area contributed by atoms with E-state index in [1.807, 2.05) is 24.3 Å². The highest BCUT2D eigenvalue weighted by Crippen LogP contribution is 2.15. The molecular weight excluding hydrogens is 234 g/mol. The van der Waals surface area contributed by atoms with Crippen LogP contribution in [0.5, 0.6) is 0 Å². The molecule has 0 aliphatic heterocycles. The lowest BCUT2D eigenvalue weighted by Crippen LogP contribution is -2.69. The lowest BCUT2D eigenvalue weighted by atomic mass is 10.2. The Bertz CT molecular complexity index is 329. The van der Waals surface area contributed by atoms with E-state index in [4.69, 9.17) is 11.6 Å². The van der Waals surface area contributed by atoms with Gasteiger partial charge in [-0.05, 0) is 17.7 Å². The molecule has 1 aromatic carbocycles. The van der Waals surface area contributed by atoms with E-state index in [0.29, 0.717) is 10.8 Å². The van der Waals surface area contributed by atoms with Gasteiger partial charge in [-0.25, -0.2) is 0 Å². The molecule has 0 aliphatic carbocycles. The summed E-state index contributed by atoms with van der Waals surface area (Å²) in [5, 5.41) is 11.1. The lowest BCUT2D eigenvalue weighted by Gasteiger charge is -2.08. The Hall–Kier alpha value is -0.710. The zero-order chi connectivity index (χ0) is 11.3. The molecule has 1 rings (SSSR count). The van der Waals surface area contributed by atoms with E-state index in [1.165, 1.54) is 11.8 Å². The third kappa shape index (κ3) is 4.55. The number of carboxylic acid groups (broad SMARTS) is 1. The van der Waals surface area contributed by atoms with Gasteiger partial charge >= 0.3 is 0 Å². The molecule has 0 fully saturated rings. The Morgan fingerprint density at radius 3 is 2.60 bits per heavy atom. The van der Waals surface area contributed by atoms with Crippen molar-refractivity contribution in [2.24, 2.45) is 0 Å². The van der Waals surface area contributed by atoms with Gasteiger partial charge in [0.25, 0.3) is 0 Å². The Morgan fingerprint density at radius 1 is 1.47 bits per heavy atom. The van der Waals surface area contributed by atoms with Gasteiger partial charge in [0, 0.05) is 10.8 Å². The van der Waals surface area contributed by atoms with Crippen LogP contribution in [0, 0.1) is 0 Å². The Balaban J connectivity index is 2.32. The summed E-state index contributed by atoms with van der Waals surface area (Å²) in [6.07, 6.45) is 0. The van der Waals surface area contributed by atoms with Gasteiger partial charge in [0.2, 0.25) is 0 Å². The third-order valence-corrected chi connectivity index (χ3v) is 3.26. The van der Waals surface area contributed by atoms with Crippen LogP contribution in [0.1, 0.15) is 5.56 Å². The first-order valence-corrected chi connectivity index (χ1v) is 5.99. The van der Waals surface area contributed by atoms with Crippen molar-refractivity contribution in [2.75, 3.05) is 5.75 Å². The molecule has 0 bridgehead atoms. The van der Waals surface area contributed by atoms with Crippen molar-refractivity contribution in [3.05, 3.63) is 34.9 Å². The summed E-state index contributed by atoms with van der Waals surface area (Å²) in [4.78, 5) is 10.4. The van der Waals surface area contributed by atoms with E-state index in [2.05, 4.69) is 5.73 Å². The number of halogens is 1. The summed E-state index contributed by atoms with van der Waals surface area (Å²) in [5.74, 6) is 0.125. The van der Waals surface area contributed by atoms with E-state index < -0.39 is 12.0 Å². The second-order valence-corrected chi connectivity index (χ2v) is 4.62. The maximum absolute atomic E-state index is 10.4. The smallest absolute Gasteiger partial charge is 0.134 e. The monoisotopic (exact) mass is 245 g/mol. The molecule has 82 valence electrons. The van der Waals surface area contributed by atoms with E-state index >= 15 is 0 Å². The van der Waals surface area contributed by atoms with Gasteiger partial charge in [0.05, 0.1) is 11.7 Å². The molecule has 0 unspecified atom stereocenters. The van der Waals surface area contributed by atoms with Crippen LogP contribution in [0.4, 0.5) is 0 Å². The molecule has 1 atom stereocenters. The fraction of sp³-hybridized carbons (Fsp3) is 0.300. The molecule has 0 spiro atoms. The number of carbonyl (C=O) groups excluding carboxylic acids is 1. The molecule has 15 heavy (non-hydrogen) atoms. The SMILES string of the molecule is [NH3+][C@@H](CSCc1ccc(Cl)cc1)C(=O)[O-]. The second-order valence-electron chi connectivity index (χ2n) is 3.16. The fourth-order valence-corrected chi connectivity index (χ4v) is 2.06. The van der Waals surface area contributed by atoms with Crippen molar-refractivity contribution in [1.29, 1.82) is 0 Å². The van der Waals surface area contributed by atoms with Crippen molar-refractivity contribution in [3.8, 4) is 0 Å². The topological polar surface area (TPSA) is 67.8 Å². The first-order chi connectivity index (χ1) is 7.09. The summed E-state index contributed by atoms with van der Waals surface area (Å²) in [6.45, 7) is 0. The fourth-order valence-electron chi connectivity index (χ4n) is 0.968. The average Bonchev–Trinajstić information content (AvgIpc) is 2.20. The van der Waals surface area contributed by atoms with Crippen molar-refractivity contribution in [3.63, 3.8) is 0 Å². The number of carboxylic acids is 1. The molecule has 5 heteroatoms. The van der Waals surface area contributed by atoms with Crippen LogP contribution >= 0.6 is 23.4 Å². The zero-order valence-electron chi connectivity index (χ0n) is 8.11. The van der Waals surface area contributed by atoms with E-state index in [-0.39, 0.29) is 0 Å². The number of aliphatic carboxylic acids is 1. The standard InChI is InChI=1S/C10H12ClNO2S/c11-8-3-1-7(2-4-8)5-15-6-9(12)10(13)14/h1-4,9H,5-6,12H2,(H,13,14)/t9-/m0/s1. The van der Waals surface area contributed by atoms with Crippen LogP contribution in [0.2, 0.25) is 5.02 Å². The number of rotatable bonds is 5. The minimum Gasteiger partial charge on any atom is -0.544 e. The van der Waals surface area contributed by atoms with Crippen molar-refractivity contribution >= 4 is 29.3 Å². The van der Waals surface area contributed by atoms with Gasteiger partial charge in [-0.15, -0.1) is 0 Å². The number of thioether (sulfide) groups is 1. The first-order valence-electron chi connectivity index (χ1n) is 4.45. The number of benzene rings is 1. The normalized spacial score (nSPS) is 12.4. The summed E-state index contributed by atoms with van der Waals surface area (Å²) in [5.41, 5.74) is 4.60. The lowest BCUT2D eigenvalue weighted by molar-refractivity contribution is -0.431. The van der Waals surface area contributed by atoms with Gasteiger partial charge in [-0.3, -0.25) is 0 Å². The van der Waals surface area contributed by atoms with Gasteiger partial charge in [0.1, 0.15) is 6.04 Å². The summed E-state index contributed by atoms with van der Waals surface area (Å²) in [7, 11) is 0. The Morgan fingerprint density at radius 2 is 2.07 bits per heavy atom. The minimum atomic E-state index is -1.10. The van der Waals surface area contributed by atoms with Gasteiger partial charge in [0.15, 0.2) is 0 Å². The number of quaternary nitrogens is 1. The van der Waals surface area contributed by atoms with Crippen LogP contribution in [0.25, 0.3) is 0 Å². The van der Waals surface area contributed by atoms with Crippen LogP contribution in [-0.4, -0.2) is 17.8 Å². The van der Waals surface area contributed by atoms with Crippen molar-refractivity contribution < 1.29 is 15.6 Å². The van der Waals surface area contributed by atoms with Crippen LogP contribution < -0.4 is 10.8 Å². The maximum atomic E-state index is 10.4. The van der Waals surface area contributed by atoms with E-state index in [0.717, 1.165) is 11.3 Å². The molecule has 0 heterocycles. The summed E-state index contributed by atoms with van der Waals surface area (Å²) < 4.78 is 0. The average molecular weight is 246 g/mol. The van der Waals surface area contributed by atoms with Crippen molar-refractivity contribution in [1.82, 2.24) is 0 Å². The van der Waals surface area contributed by atoms with Gasteiger partial charge < -0.3 is 15.6 Å². The molecular formula is C10H12ClNO2S. The quantitative estimate of drug-likeness (QED) is 0.790. The predicted molar refractivity (Wildman–Crippen MR) is 59.3 cm³/mol. The molecule has 1 aromatic rings. The predicted octanol–water partition coefficient (Wildman–Crippen LogP) is -0.0664. The Labute approximate surface area is 97.6 Å². The summed E-state index contributed by atoms with van der Waals surface area (Å²) in [6, 6.07) is 6.83. The molecule has 0 amide bonds. The molecule has 0 aliphatic rings. The van der Waals surface area contributed by atoms with Gasteiger partial charge in [-0.2, -0.15) is 11.8 Å². The molecule has 0 aromatic heterocycles. The third-order valence-electron chi connectivity index (χ3n) is 1.83. The van der Waals surface area contributed by atoms with Crippen LogP contribution in [-0.2, 0) is 10.5 Å². The summed E-state index contributed by atoms with van der Waals surface area (Å²) >= 11 is 7.26. The van der Waals surface area contributed by atoms with Crippen molar-refractivity contribution in [2.45, 2.75) is 11.8 Å². The molecule has 3 N–H and O–H groups in total. The Kier molecular flexibility index (Phi) is 4.94. The molecule has 0 saturated carbocycles. The largest absolute Gasteiger partial charge is 0.544 e. The van der Waals surface area contributed by atoms with Crippen LogP contribution in [0.3, 0.4) is 0 Å². The van der Waals surface area contributed by atoms with E-state index in [9.17, 15) is 9.90 Å². The molecule has 0 radical (unpaired) electrons. The number of hydrogen-bond acceptors (Lipinski definition) is 3. The van der Waals surface area contributed by atoms with Gasteiger partial charge in [-0.1, -0.05) is 23.7 Å². The van der Waals surface area contributed by atoms with Crippen LogP contribution in [0.15, 0.2) is 24.3 Å². The molecule has 3 nitrogen and oxygen atoms in total. The zero-order valence-corrected chi connectivity index (χ0v) is 9.68. The first kappa shape index (κ1) is 12.4. The minimum absolute atomic E-state index is 0.463. The number of hydrogen-bond donors (Lipinski definition) is 1. The highest BCUT2D eigenvalue weighted by molar-refractivity contribution is 7.98. The highest BCUT2D eigenvalue weighted by Gasteiger charge is 2.06.